The first-order valence-corrected chi connectivity index (χ1v) is 3.77. The lowest BCUT2D eigenvalue weighted by atomic mass is 10.1. The standard InChI is InChI=1S/C8H13NO3/c1-5(2)12-8(11)7(4-9)6(3)10/h5-7,10H,1-3H3/t6?,7-/m1/s1. The van der Waals surface area contributed by atoms with E-state index in [1.165, 1.54) is 6.92 Å². The third-order valence-corrected chi connectivity index (χ3v) is 1.23. The number of rotatable bonds is 3. The first-order valence-electron chi connectivity index (χ1n) is 3.77. The second kappa shape index (κ2) is 4.73. The van der Waals surface area contributed by atoms with Gasteiger partial charge in [0.2, 0.25) is 0 Å². The average Bonchev–Trinajstić information content (AvgIpc) is 1.85. The maximum absolute atomic E-state index is 11.0. The summed E-state index contributed by atoms with van der Waals surface area (Å²) in [6, 6.07) is 1.68. The van der Waals surface area contributed by atoms with E-state index in [1.807, 2.05) is 0 Å². The molecule has 0 aliphatic carbocycles. The molecule has 0 aromatic heterocycles. The average molecular weight is 171 g/mol. The Labute approximate surface area is 71.8 Å². The summed E-state index contributed by atoms with van der Waals surface area (Å²) >= 11 is 0. The number of hydrogen-bond acceptors (Lipinski definition) is 4. The van der Waals surface area contributed by atoms with Gasteiger partial charge in [-0.15, -0.1) is 0 Å². The van der Waals surface area contributed by atoms with Crippen LogP contribution in [0.15, 0.2) is 0 Å². The van der Waals surface area contributed by atoms with Crippen molar-refractivity contribution in [3.8, 4) is 6.07 Å². The molecule has 1 unspecified atom stereocenters. The van der Waals surface area contributed by atoms with E-state index in [1.54, 1.807) is 19.9 Å². The fraction of sp³-hybridized carbons (Fsp3) is 0.750. The third-order valence-electron chi connectivity index (χ3n) is 1.23. The first kappa shape index (κ1) is 10.9. The number of esters is 1. The largest absolute Gasteiger partial charge is 0.462 e. The molecular formula is C8H13NO3. The van der Waals surface area contributed by atoms with Crippen LogP contribution < -0.4 is 0 Å². The molecule has 1 N–H and O–H groups in total. The molecule has 0 aliphatic rings. The molecule has 0 heterocycles. The van der Waals surface area contributed by atoms with Crippen molar-refractivity contribution in [2.45, 2.75) is 33.0 Å². The van der Waals surface area contributed by atoms with Crippen molar-refractivity contribution in [2.75, 3.05) is 0 Å². The van der Waals surface area contributed by atoms with Crippen LogP contribution >= 0.6 is 0 Å². The van der Waals surface area contributed by atoms with E-state index in [4.69, 9.17) is 15.1 Å². The van der Waals surface area contributed by atoms with Gasteiger partial charge in [0.05, 0.1) is 18.3 Å². The highest BCUT2D eigenvalue weighted by Crippen LogP contribution is 2.06. The minimum Gasteiger partial charge on any atom is -0.462 e. The van der Waals surface area contributed by atoms with Crippen LogP contribution in [0, 0.1) is 17.2 Å². The zero-order valence-corrected chi connectivity index (χ0v) is 7.44. The van der Waals surface area contributed by atoms with Gasteiger partial charge in [0, 0.05) is 0 Å². The fourth-order valence-corrected chi connectivity index (χ4v) is 0.663. The molecule has 0 aromatic carbocycles. The van der Waals surface area contributed by atoms with Crippen LogP contribution in [0.2, 0.25) is 0 Å². The van der Waals surface area contributed by atoms with Crippen LogP contribution in [0.3, 0.4) is 0 Å². The summed E-state index contributed by atoms with van der Waals surface area (Å²) in [4.78, 5) is 11.0. The summed E-state index contributed by atoms with van der Waals surface area (Å²) < 4.78 is 4.74. The summed E-state index contributed by atoms with van der Waals surface area (Å²) in [5.74, 6) is -1.74. The van der Waals surface area contributed by atoms with Crippen LogP contribution in [0.1, 0.15) is 20.8 Å². The second-order valence-corrected chi connectivity index (χ2v) is 2.83. The Hall–Kier alpha value is -1.08. The van der Waals surface area contributed by atoms with Crippen molar-refractivity contribution in [1.29, 1.82) is 5.26 Å². The van der Waals surface area contributed by atoms with Crippen LogP contribution in [-0.4, -0.2) is 23.3 Å². The maximum atomic E-state index is 11.0. The van der Waals surface area contributed by atoms with Crippen molar-refractivity contribution < 1.29 is 14.6 Å². The number of nitriles is 1. The van der Waals surface area contributed by atoms with E-state index in [2.05, 4.69) is 0 Å². The highest BCUT2D eigenvalue weighted by Gasteiger charge is 2.25. The first-order chi connectivity index (χ1) is 5.49. The predicted octanol–water partition coefficient (Wildman–Crippen LogP) is 0.459. The number of hydrogen-bond donors (Lipinski definition) is 1. The lowest BCUT2D eigenvalue weighted by Crippen LogP contribution is -2.28. The third kappa shape index (κ3) is 3.35. The van der Waals surface area contributed by atoms with Crippen molar-refractivity contribution in [2.24, 2.45) is 5.92 Å². The van der Waals surface area contributed by atoms with E-state index in [0.29, 0.717) is 0 Å². The maximum Gasteiger partial charge on any atom is 0.326 e. The lowest BCUT2D eigenvalue weighted by molar-refractivity contribution is -0.153. The molecule has 68 valence electrons. The Morgan fingerprint density at radius 1 is 1.50 bits per heavy atom. The normalized spacial score (nSPS) is 15.0. The SMILES string of the molecule is CC(C)OC(=O)[C@H](C#N)C(C)O. The van der Waals surface area contributed by atoms with Crippen LogP contribution in [0.4, 0.5) is 0 Å². The molecule has 0 aliphatic heterocycles. The number of ether oxygens (including phenoxy) is 1. The van der Waals surface area contributed by atoms with E-state index >= 15 is 0 Å². The summed E-state index contributed by atoms with van der Waals surface area (Å²) in [5, 5.41) is 17.4. The summed E-state index contributed by atoms with van der Waals surface area (Å²) in [6.07, 6.45) is -1.24. The number of nitrogens with zero attached hydrogens (tertiary/aromatic N) is 1. The Kier molecular flexibility index (Phi) is 4.30. The van der Waals surface area contributed by atoms with Crippen molar-refractivity contribution in [3.63, 3.8) is 0 Å². The lowest BCUT2D eigenvalue weighted by Gasteiger charge is -2.13. The van der Waals surface area contributed by atoms with Crippen LogP contribution in [0.25, 0.3) is 0 Å². The highest BCUT2D eigenvalue weighted by molar-refractivity contribution is 5.75. The van der Waals surface area contributed by atoms with E-state index in [-0.39, 0.29) is 6.10 Å². The van der Waals surface area contributed by atoms with Crippen LogP contribution in [0.5, 0.6) is 0 Å². The van der Waals surface area contributed by atoms with Gasteiger partial charge >= 0.3 is 5.97 Å². The second-order valence-electron chi connectivity index (χ2n) is 2.83. The monoisotopic (exact) mass is 171 g/mol. The van der Waals surface area contributed by atoms with Gasteiger partial charge in [-0.3, -0.25) is 4.79 Å². The van der Waals surface area contributed by atoms with Gasteiger partial charge in [-0.1, -0.05) is 0 Å². The van der Waals surface area contributed by atoms with Gasteiger partial charge in [-0.2, -0.15) is 5.26 Å². The smallest absolute Gasteiger partial charge is 0.326 e. The van der Waals surface area contributed by atoms with E-state index in [0.717, 1.165) is 0 Å². The molecule has 0 saturated carbocycles. The molecule has 2 atom stereocenters. The molecule has 0 aromatic rings. The molecule has 12 heavy (non-hydrogen) atoms. The van der Waals surface area contributed by atoms with Gasteiger partial charge in [-0.25, -0.2) is 0 Å². The number of carbonyl (C=O) groups excluding carboxylic acids is 1. The minimum absolute atomic E-state index is 0.257. The van der Waals surface area contributed by atoms with Crippen molar-refractivity contribution in [1.82, 2.24) is 0 Å². The van der Waals surface area contributed by atoms with E-state index in [9.17, 15) is 4.79 Å². The summed E-state index contributed by atoms with van der Waals surface area (Å²) in [5.41, 5.74) is 0. The number of carbonyl (C=O) groups is 1. The van der Waals surface area contributed by atoms with Gasteiger partial charge in [0.25, 0.3) is 0 Å². The molecule has 4 nitrogen and oxygen atoms in total. The van der Waals surface area contributed by atoms with Crippen molar-refractivity contribution >= 4 is 5.97 Å². The van der Waals surface area contributed by atoms with Gasteiger partial charge in [-0.05, 0) is 20.8 Å². The Morgan fingerprint density at radius 3 is 2.25 bits per heavy atom. The zero-order valence-electron chi connectivity index (χ0n) is 7.44. The van der Waals surface area contributed by atoms with E-state index < -0.39 is 18.0 Å². The fourth-order valence-electron chi connectivity index (χ4n) is 0.663. The van der Waals surface area contributed by atoms with Gasteiger partial charge in [0.15, 0.2) is 5.92 Å². The van der Waals surface area contributed by atoms with Crippen LogP contribution in [-0.2, 0) is 9.53 Å². The Balaban J connectivity index is 4.16. The molecule has 0 rings (SSSR count). The predicted molar refractivity (Wildman–Crippen MR) is 42.0 cm³/mol. The van der Waals surface area contributed by atoms with Crippen molar-refractivity contribution in [3.05, 3.63) is 0 Å². The summed E-state index contributed by atoms with van der Waals surface area (Å²) in [6.45, 7) is 4.76. The van der Waals surface area contributed by atoms with Gasteiger partial charge < -0.3 is 9.84 Å². The molecular weight excluding hydrogens is 158 g/mol. The zero-order chi connectivity index (χ0) is 9.72. The Bertz CT molecular complexity index is 193. The number of aliphatic hydroxyl groups is 1. The molecule has 0 amide bonds. The minimum atomic E-state index is -1.08. The Morgan fingerprint density at radius 2 is 2.00 bits per heavy atom. The molecule has 4 heteroatoms. The summed E-state index contributed by atoms with van der Waals surface area (Å²) in [7, 11) is 0. The molecule has 0 saturated heterocycles. The quantitative estimate of drug-likeness (QED) is 0.626. The number of aliphatic hydroxyl groups excluding tert-OH is 1. The molecule has 0 bridgehead atoms. The topological polar surface area (TPSA) is 70.3 Å². The highest BCUT2D eigenvalue weighted by atomic mass is 16.5. The molecule has 0 fully saturated rings. The molecule has 0 spiro atoms. The molecule has 0 radical (unpaired) electrons. The van der Waals surface area contributed by atoms with Gasteiger partial charge in [0.1, 0.15) is 0 Å².